The highest BCUT2D eigenvalue weighted by atomic mass is 35.5. The Kier molecular flexibility index (Phi) is 6.63. The number of halogens is 1. The predicted molar refractivity (Wildman–Crippen MR) is 109 cm³/mol. The van der Waals surface area contributed by atoms with Crippen LogP contribution < -0.4 is 4.74 Å². The second kappa shape index (κ2) is 9.36. The Morgan fingerprint density at radius 2 is 1.90 bits per heavy atom. The van der Waals surface area contributed by atoms with Gasteiger partial charge in [0.05, 0.1) is 22.1 Å². The summed E-state index contributed by atoms with van der Waals surface area (Å²) in [6.45, 7) is 3.59. The summed E-state index contributed by atoms with van der Waals surface area (Å²) in [6, 6.07) is 12.5. The summed E-state index contributed by atoms with van der Waals surface area (Å²) >= 11 is 6.16. The molecule has 0 aliphatic rings. The molecule has 3 aromatic rings. The maximum atomic E-state index is 12.7. The van der Waals surface area contributed by atoms with Gasteiger partial charge in [0.15, 0.2) is 6.61 Å². The smallest absolute Gasteiger partial charge is 0.269 e. The van der Waals surface area contributed by atoms with Crippen LogP contribution in [0.15, 0.2) is 52.9 Å². The summed E-state index contributed by atoms with van der Waals surface area (Å²) < 4.78 is 11.1. The van der Waals surface area contributed by atoms with Gasteiger partial charge < -0.3 is 14.1 Å². The van der Waals surface area contributed by atoms with E-state index in [-0.39, 0.29) is 42.6 Å². The molecule has 1 aromatic heterocycles. The van der Waals surface area contributed by atoms with Gasteiger partial charge in [-0.1, -0.05) is 23.7 Å². The van der Waals surface area contributed by atoms with Crippen molar-refractivity contribution in [3.63, 3.8) is 0 Å². The number of nitro groups is 1. The van der Waals surface area contributed by atoms with Crippen molar-refractivity contribution in [1.82, 2.24) is 15.1 Å². The van der Waals surface area contributed by atoms with Gasteiger partial charge in [-0.15, -0.1) is 10.2 Å². The van der Waals surface area contributed by atoms with Crippen molar-refractivity contribution in [3.8, 4) is 17.2 Å². The standard InChI is InChI=1S/C20H19ClN4O5/c1-13(2)24(19(26)12-29-15-9-7-14(8-10-15)25(27)28)11-18-22-23-20(30-18)16-5-3-4-6-17(16)21/h3-10,13H,11-12H2,1-2H3. The maximum absolute atomic E-state index is 12.7. The third-order valence-electron chi connectivity index (χ3n) is 4.23. The molecule has 0 N–H and O–H groups in total. The Balaban J connectivity index is 1.65. The minimum Gasteiger partial charge on any atom is -0.484 e. The molecule has 2 aromatic carbocycles. The first kappa shape index (κ1) is 21.3. The van der Waals surface area contributed by atoms with Crippen LogP contribution in [-0.2, 0) is 11.3 Å². The fraction of sp³-hybridized carbons (Fsp3) is 0.250. The van der Waals surface area contributed by atoms with Crippen LogP contribution in [0.5, 0.6) is 5.75 Å². The van der Waals surface area contributed by atoms with Crippen molar-refractivity contribution in [3.05, 3.63) is 69.6 Å². The van der Waals surface area contributed by atoms with Crippen molar-refractivity contribution in [2.24, 2.45) is 0 Å². The van der Waals surface area contributed by atoms with Gasteiger partial charge in [0.2, 0.25) is 11.8 Å². The van der Waals surface area contributed by atoms with E-state index >= 15 is 0 Å². The van der Waals surface area contributed by atoms with Crippen LogP contribution in [0.1, 0.15) is 19.7 Å². The number of rotatable bonds is 8. The van der Waals surface area contributed by atoms with E-state index < -0.39 is 4.92 Å². The maximum Gasteiger partial charge on any atom is 0.269 e. The van der Waals surface area contributed by atoms with Gasteiger partial charge in [0.1, 0.15) is 5.75 Å². The summed E-state index contributed by atoms with van der Waals surface area (Å²) in [6.07, 6.45) is 0. The molecule has 0 unspecified atom stereocenters. The Morgan fingerprint density at radius 3 is 2.53 bits per heavy atom. The number of aromatic nitrogens is 2. The van der Waals surface area contributed by atoms with E-state index in [1.54, 1.807) is 18.2 Å². The second-order valence-electron chi connectivity index (χ2n) is 6.64. The monoisotopic (exact) mass is 430 g/mol. The number of ether oxygens (including phenoxy) is 1. The zero-order valence-corrected chi connectivity index (χ0v) is 17.1. The number of benzene rings is 2. The fourth-order valence-electron chi connectivity index (χ4n) is 2.66. The Morgan fingerprint density at radius 1 is 1.20 bits per heavy atom. The van der Waals surface area contributed by atoms with Crippen LogP contribution in [0.3, 0.4) is 0 Å². The molecule has 0 fully saturated rings. The zero-order chi connectivity index (χ0) is 21.7. The molecule has 0 radical (unpaired) electrons. The van der Waals surface area contributed by atoms with E-state index in [2.05, 4.69) is 10.2 Å². The second-order valence-corrected chi connectivity index (χ2v) is 7.04. The SMILES string of the molecule is CC(C)N(Cc1nnc(-c2ccccc2Cl)o1)C(=O)COc1ccc([N+](=O)[O-])cc1. The minimum atomic E-state index is -0.503. The van der Waals surface area contributed by atoms with E-state index in [0.29, 0.717) is 16.3 Å². The average molecular weight is 431 g/mol. The number of nitro benzene ring substituents is 1. The predicted octanol–water partition coefficient (Wildman–Crippen LogP) is 4.11. The first-order valence-corrected chi connectivity index (χ1v) is 9.47. The molecule has 1 amide bonds. The summed E-state index contributed by atoms with van der Waals surface area (Å²) in [5.74, 6) is 0.605. The number of non-ortho nitro benzene ring substituents is 1. The topological polar surface area (TPSA) is 112 Å². The highest BCUT2D eigenvalue weighted by Crippen LogP contribution is 2.26. The van der Waals surface area contributed by atoms with E-state index in [1.807, 2.05) is 19.9 Å². The van der Waals surface area contributed by atoms with Crippen LogP contribution in [-0.4, -0.2) is 38.6 Å². The fourth-order valence-corrected chi connectivity index (χ4v) is 2.87. The van der Waals surface area contributed by atoms with Gasteiger partial charge in [0, 0.05) is 18.2 Å². The van der Waals surface area contributed by atoms with Gasteiger partial charge in [-0.25, -0.2) is 0 Å². The number of hydrogen-bond donors (Lipinski definition) is 0. The van der Waals surface area contributed by atoms with E-state index in [4.69, 9.17) is 20.8 Å². The molecule has 0 bridgehead atoms. The lowest BCUT2D eigenvalue weighted by atomic mass is 10.2. The molecule has 9 nitrogen and oxygen atoms in total. The summed E-state index contributed by atoms with van der Waals surface area (Å²) in [5.41, 5.74) is 0.560. The van der Waals surface area contributed by atoms with Crippen molar-refractivity contribution in [1.29, 1.82) is 0 Å². The summed E-state index contributed by atoms with van der Waals surface area (Å²) in [7, 11) is 0. The van der Waals surface area contributed by atoms with E-state index in [1.165, 1.54) is 29.2 Å². The quantitative estimate of drug-likeness (QED) is 0.390. The van der Waals surface area contributed by atoms with Gasteiger partial charge in [-0.2, -0.15) is 0 Å². The summed E-state index contributed by atoms with van der Waals surface area (Å²) in [4.78, 5) is 24.4. The van der Waals surface area contributed by atoms with Crippen molar-refractivity contribution in [2.45, 2.75) is 26.4 Å². The molecule has 0 atom stereocenters. The number of nitrogens with zero attached hydrogens (tertiary/aromatic N) is 4. The molecule has 30 heavy (non-hydrogen) atoms. The molecule has 0 aliphatic carbocycles. The van der Waals surface area contributed by atoms with Crippen molar-refractivity contribution < 1.29 is 18.9 Å². The molecule has 0 aliphatic heterocycles. The number of carbonyl (C=O) groups excluding carboxylic acids is 1. The third kappa shape index (κ3) is 5.12. The highest BCUT2D eigenvalue weighted by Gasteiger charge is 2.21. The van der Waals surface area contributed by atoms with Crippen LogP contribution in [0.2, 0.25) is 5.02 Å². The number of carbonyl (C=O) groups is 1. The number of hydrogen-bond acceptors (Lipinski definition) is 7. The van der Waals surface area contributed by atoms with Gasteiger partial charge >= 0.3 is 0 Å². The zero-order valence-electron chi connectivity index (χ0n) is 16.3. The van der Waals surface area contributed by atoms with Crippen LogP contribution in [0.4, 0.5) is 5.69 Å². The van der Waals surface area contributed by atoms with Crippen LogP contribution in [0.25, 0.3) is 11.5 Å². The minimum absolute atomic E-state index is 0.0526. The largest absolute Gasteiger partial charge is 0.484 e. The normalized spacial score (nSPS) is 10.8. The molecule has 0 spiro atoms. The van der Waals surface area contributed by atoms with Crippen molar-refractivity contribution >= 4 is 23.2 Å². The average Bonchev–Trinajstić information content (AvgIpc) is 3.19. The Labute approximate surface area is 177 Å². The molecule has 1 heterocycles. The van der Waals surface area contributed by atoms with Gasteiger partial charge in [-0.05, 0) is 38.1 Å². The molecule has 0 saturated carbocycles. The van der Waals surface area contributed by atoms with E-state index in [9.17, 15) is 14.9 Å². The molecule has 10 heteroatoms. The summed E-state index contributed by atoms with van der Waals surface area (Å²) in [5, 5.41) is 19.2. The van der Waals surface area contributed by atoms with Crippen LogP contribution in [0, 0.1) is 10.1 Å². The molecule has 156 valence electrons. The lowest BCUT2D eigenvalue weighted by Crippen LogP contribution is -2.39. The van der Waals surface area contributed by atoms with Crippen molar-refractivity contribution in [2.75, 3.05) is 6.61 Å². The first-order chi connectivity index (χ1) is 14.3. The lowest BCUT2D eigenvalue weighted by Gasteiger charge is -2.25. The number of amides is 1. The van der Waals surface area contributed by atoms with Gasteiger partial charge in [-0.3, -0.25) is 14.9 Å². The molecular formula is C20H19ClN4O5. The lowest BCUT2D eigenvalue weighted by molar-refractivity contribution is -0.384. The van der Waals surface area contributed by atoms with Gasteiger partial charge in [0.25, 0.3) is 11.6 Å². The Hall–Kier alpha value is -3.46. The Bertz CT molecular complexity index is 1040. The molecular weight excluding hydrogens is 412 g/mol. The highest BCUT2D eigenvalue weighted by molar-refractivity contribution is 6.33. The molecule has 0 saturated heterocycles. The van der Waals surface area contributed by atoms with E-state index in [0.717, 1.165) is 0 Å². The molecule has 3 rings (SSSR count). The first-order valence-electron chi connectivity index (χ1n) is 9.09. The van der Waals surface area contributed by atoms with Crippen LogP contribution >= 0.6 is 11.6 Å². The third-order valence-corrected chi connectivity index (χ3v) is 4.56.